The van der Waals surface area contributed by atoms with Gasteiger partial charge in [0.05, 0.1) is 5.56 Å². The molecule has 0 spiro atoms. The molecule has 2 rings (SSSR count). The maximum atomic E-state index is 11.4. The molecular weight excluding hydrogens is 212 g/mol. The molecule has 0 radical (unpaired) electrons. The van der Waals surface area contributed by atoms with Gasteiger partial charge in [0.15, 0.2) is 0 Å². The molecule has 0 amide bonds. The van der Waals surface area contributed by atoms with Gasteiger partial charge in [-0.1, -0.05) is 18.2 Å². The third-order valence-corrected chi connectivity index (χ3v) is 2.34. The standard InChI is InChI=1S/C10H8N2O2S/c13-9(8-4-2-1-3-5-8)14-12-10-11-6-7-15-10/h1-7H,(H,11,12). The van der Waals surface area contributed by atoms with Crippen LogP contribution in [-0.2, 0) is 4.84 Å². The summed E-state index contributed by atoms with van der Waals surface area (Å²) in [5.41, 5.74) is 2.98. The number of nitrogens with one attached hydrogen (secondary N) is 1. The van der Waals surface area contributed by atoms with Gasteiger partial charge in [-0.05, 0) is 12.1 Å². The smallest absolute Gasteiger partial charge is 0.336 e. The third-order valence-electron chi connectivity index (χ3n) is 1.67. The van der Waals surface area contributed by atoms with E-state index in [1.165, 1.54) is 11.3 Å². The van der Waals surface area contributed by atoms with Crippen LogP contribution >= 0.6 is 11.3 Å². The normalized spacial score (nSPS) is 9.60. The number of anilines is 1. The largest absolute Gasteiger partial charge is 0.362 e. The fraction of sp³-hybridized carbons (Fsp3) is 0. The SMILES string of the molecule is O=C(ONc1nccs1)c1ccccc1. The highest BCUT2D eigenvalue weighted by Gasteiger charge is 2.06. The zero-order chi connectivity index (χ0) is 10.5. The number of thiazole rings is 1. The van der Waals surface area contributed by atoms with Crippen molar-refractivity contribution in [3.05, 3.63) is 47.5 Å². The minimum absolute atomic E-state index is 0.425. The Morgan fingerprint density at radius 3 is 2.80 bits per heavy atom. The molecule has 0 unspecified atom stereocenters. The van der Waals surface area contributed by atoms with E-state index in [0.717, 1.165) is 0 Å². The molecule has 1 aromatic carbocycles. The Bertz CT molecular complexity index is 428. The predicted molar refractivity (Wildman–Crippen MR) is 57.6 cm³/mol. The van der Waals surface area contributed by atoms with Gasteiger partial charge in [0.25, 0.3) is 0 Å². The lowest BCUT2D eigenvalue weighted by Crippen LogP contribution is -2.10. The zero-order valence-electron chi connectivity index (χ0n) is 7.71. The number of hydrogen-bond donors (Lipinski definition) is 1. The van der Waals surface area contributed by atoms with Crippen molar-refractivity contribution < 1.29 is 9.63 Å². The number of aromatic nitrogens is 1. The first kappa shape index (κ1) is 9.67. The van der Waals surface area contributed by atoms with E-state index in [1.54, 1.807) is 35.8 Å². The monoisotopic (exact) mass is 220 g/mol. The summed E-state index contributed by atoms with van der Waals surface area (Å²) in [6, 6.07) is 8.77. The first-order chi connectivity index (χ1) is 7.36. The molecule has 76 valence electrons. The average molecular weight is 220 g/mol. The van der Waals surface area contributed by atoms with E-state index in [4.69, 9.17) is 4.84 Å². The van der Waals surface area contributed by atoms with Crippen LogP contribution in [0.3, 0.4) is 0 Å². The van der Waals surface area contributed by atoms with E-state index in [0.29, 0.717) is 10.7 Å². The lowest BCUT2D eigenvalue weighted by molar-refractivity contribution is 0.0596. The third kappa shape index (κ3) is 2.54. The summed E-state index contributed by atoms with van der Waals surface area (Å²) in [6.07, 6.45) is 1.63. The minimum atomic E-state index is -0.425. The number of rotatable bonds is 3. The van der Waals surface area contributed by atoms with Gasteiger partial charge in [0.2, 0.25) is 5.13 Å². The van der Waals surface area contributed by atoms with Crippen molar-refractivity contribution in [2.45, 2.75) is 0 Å². The summed E-state index contributed by atoms with van der Waals surface area (Å²) in [5, 5.41) is 2.35. The van der Waals surface area contributed by atoms with Crippen LogP contribution in [-0.4, -0.2) is 11.0 Å². The highest BCUT2D eigenvalue weighted by atomic mass is 32.1. The Balaban J connectivity index is 1.94. The van der Waals surface area contributed by atoms with Gasteiger partial charge >= 0.3 is 5.97 Å². The average Bonchev–Trinajstić information content (AvgIpc) is 2.80. The Labute approximate surface area is 90.5 Å². The van der Waals surface area contributed by atoms with Gasteiger partial charge < -0.3 is 4.84 Å². The van der Waals surface area contributed by atoms with Crippen molar-refractivity contribution in [2.24, 2.45) is 0 Å². The highest BCUT2D eigenvalue weighted by Crippen LogP contribution is 2.10. The number of nitrogens with zero attached hydrogens (tertiary/aromatic N) is 1. The quantitative estimate of drug-likeness (QED) is 0.806. The van der Waals surface area contributed by atoms with E-state index in [1.807, 2.05) is 6.07 Å². The van der Waals surface area contributed by atoms with Gasteiger partial charge in [0, 0.05) is 11.6 Å². The molecule has 1 heterocycles. The molecule has 0 saturated heterocycles. The predicted octanol–water partition coefficient (Wildman–Crippen LogP) is 2.33. The lowest BCUT2D eigenvalue weighted by Gasteiger charge is -2.02. The number of carbonyl (C=O) groups is 1. The van der Waals surface area contributed by atoms with Crippen molar-refractivity contribution in [3.63, 3.8) is 0 Å². The van der Waals surface area contributed by atoms with E-state index < -0.39 is 5.97 Å². The first-order valence-corrected chi connectivity index (χ1v) is 5.16. The van der Waals surface area contributed by atoms with Crippen molar-refractivity contribution in [1.29, 1.82) is 0 Å². The maximum absolute atomic E-state index is 11.4. The van der Waals surface area contributed by atoms with Gasteiger partial charge in [-0.15, -0.1) is 11.3 Å². The molecule has 1 N–H and O–H groups in total. The van der Waals surface area contributed by atoms with Crippen molar-refractivity contribution >= 4 is 22.4 Å². The molecule has 0 aliphatic rings. The van der Waals surface area contributed by atoms with Crippen LogP contribution in [0.15, 0.2) is 41.9 Å². The van der Waals surface area contributed by atoms with E-state index in [-0.39, 0.29) is 0 Å². The molecule has 5 heteroatoms. The summed E-state index contributed by atoms with van der Waals surface area (Å²) in [5.74, 6) is -0.425. The van der Waals surface area contributed by atoms with E-state index >= 15 is 0 Å². The Hall–Kier alpha value is -1.88. The number of hydrogen-bond acceptors (Lipinski definition) is 5. The van der Waals surface area contributed by atoms with Crippen LogP contribution in [0.25, 0.3) is 0 Å². The Morgan fingerprint density at radius 2 is 2.13 bits per heavy atom. The van der Waals surface area contributed by atoms with Crippen LogP contribution in [0.1, 0.15) is 10.4 Å². The second-order valence-corrected chi connectivity index (χ2v) is 3.59. The van der Waals surface area contributed by atoms with Crippen LogP contribution in [0.2, 0.25) is 0 Å². The zero-order valence-corrected chi connectivity index (χ0v) is 8.53. The van der Waals surface area contributed by atoms with Crippen LogP contribution < -0.4 is 5.48 Å². The molecular formula is C10H8N2O2S. The maximum Gasteiger partial charge on any atom is 0.362 e. The van der Waals surface area contributed by atoms with Crippen LogP contribution in [0.5, 0.6) is 0 Å². The second kappa shape index (κ2) is 4.56. The van der Waals surface area contributed by atoms with Crippen LogP contribution in [0, 0.1) is 0 Å². The summed E-state index contributed by atoms with van der Waals surface area (Å²) >= 11 is 1.36. The molecule has 0 aliphatic heterocycles. The molecule has 0 atom stereocenters. The summed E-state index contributed by atoms with van der Waals surface area (Å²) < 4.78 is 0. The molecule has 0 aliphatic carbocycles. The molecule has 0 fully saturated rings. The highest BCUT2D eigenvalue weighted by molar-refractivity contribution is 7.13. The topological polar surface area (TPSA) is 51.2 Å². The molecule has 0 bridgehead atoms. The van der Waals surface area contributed by atoms with Gasteiger partial charge in [0.1, 0.15) is 0 Å². The molecule has 2 aromatic rings. The second-order valence-electron chi connectivity index (χ2n) is 2.69. The van der Waals surface area contributed by atoms with Crippen molar-refractivity contribution in [2.75, 3.05) is 5.48 Å². The Kier molecular flexibility index (Phi) is 2.94. The summed E-state index contributed by atoms with van der Waals surface area (Å²) in [6.45, 7) is 0. The lowest BCUT2D eigenvalue weighted by atomic mass is 10.2. The fourth-order valence-corrected chi connectivity index (χ4v) is 1.46. The fourth-order valence-electron chi connectivity index (χ4n) is 0.997. The van der Waals surface area contributed by atoms with Gasteiger partial charge in [-0.3, -0.25) is 0 Å². The number of benzene rings is 1. The Morgan fingerprint density at radius 1 is 1.33 bits per heavy atom. The van der Waals surface area contributed by atoms with Crippen LogP contribution in [0.4, 0.5) is 5.13 Å². The summed E-state index contributed by atoms with van der Waals surface area (Å²) in [7, 11) is 0. The molecule has 1 aromatic heterocycles. The molecule has 4 nitrogen and oxygen atoms in total. The summed E-state index contributed by atoms with van der Waals surface area (Å²) in [4.78, 5) is 20.2. The molecule has 0 saturated carbocycles. The van der Waals surface area contributed by atoms with Gasteiger partial charge in [-0.2, -0.15) is 5.48 Å². The first-order valence-electron chi connectivity index (χ1n) is 4.28. The van der Waals surface area contributed by atoms with E-state index in [2.05, 4.69) is 10.5 Å². The molecule has 15 heavy (non-hydrogen) atoms. The minimum Gasteiger partial charge on any atom is -0.336 e. The van der Waals surface area contributed by atoms with E-state index in [9.17, 15) is 4.79 Å². The van der Waals surface area contributed by atoms with Gasteiger partial charge in [-0.25, -0.2) is 9.78 Å². The van der Waals surface area contributed by atoms with Crippen molar-refractivity contribution in [1.82, 2.24) is 4.98 Å². The van der Waals surface area contributed by atoms with Crippen molar-refractivity contribution in [3.8, 4) is 0 Å². The number of carbonyl (C=O) groups excluding carboxylic acids is 1.